The second kappa shape index (κ2) is 6.67. The minimum atomic E-state index is -0.363. The quantitative estimate of drug-likeness (QED) is 0.637. The maximum Gasteiger partial charge on any atom is 0.233 e. The van der Waals surface area contributed by atoms with Gasteiger partial charge in [-0.2, -0.15) is 0 Å². The zero-order valence-corrected chi connectivity index (χ0v) is 16.4. The summed E-state index contributed by atoms with van der Waals surface area (Å²) in [7, 11) is 0. The number of fused-ring (bicyclic) bond motifs is 2. The highest BCUT2D eigenvalue weighted by Gasteiger charge is 2.61. The first-order chi connectivity index (χ1) is 12.9. The SMILES string of the molecule is C=C1C2(C(=O)N(Cc3ccccc3)Cc3ccccc3)CCC(C2)C1(C)C. The van der Waals surface area contributed by atoms with Crippen molar-refractivity contribution < 1.29 is 4.79 Å². The Kier molecular flexibility index (Phi) is 4.46. The highest BCUT2D eigenvalue weighted by Crippen LogP contribution is 2.66. The molecule has 0 aromatic heterocycles. The number of rotatable bonds is 5. The lowest BCUT2D eigenvalue weighted by atomic mass is 9.68. The highest BCUT2D eigenvalue weighted by atomic mass is 16.2. The van der Waals surface area contributed by atoms with E-state index in [0.717, 1.165) is 24.8 Å². The summed E-state index contributed by atoms with van der Waals surface area (Å²) in [5, 5.41) is 0. The minimum absolute atomic E-state index is 0.0685. The second-order valence-corrected chi connectivity index (χ2v) is 8.85. The molecule has 2 saturated carbocycles. The zero-order chi connectivity index (χ0) is 19.1. The van der Waals surface area contributed by atoms with Crippen LogP contribution in [0.4, 0.5) is 0 Å². The van der Waals surface area contributed by atoms with Gasteiger partial charge in [-0.25, -0.2) is 0 Å². The number of hydrogen-bond acceptors (Lipinski definition) is 1. The molecule has 2 bridgehead atoms. The standard InChI is InChI=1S/C25H29NO/c1-19-24(2,3)22-14-15-25(19,16-22)23(27)26(17-20-10-6-4-7-11-20)18-21-12-8-5-9-13-21/h4-13,22H,1,14-18H2,2-3H3. The third kappa shape index (κ3) is 3.01. The van der Waals surface area contributed by atoms with Gasteiger partial charge in [0.1, 0.15) is 0 Å². The van der Waals surface area contributed by atoms with Crippen molar-refractivity contribution in [1.29, 1.82) is 0 Å². The molecule has 4 rings (SSSR count). The van der Waals surface area contributed by atoms with Gasteiger partial charge in [-0.05, 0) is 41.7 Å². The van der Waals surface area contributed by atoms with E-state index >= 15 is 0 Å². The molecule has 0 radical (unpaired) electrons. The Hall–Kier alpha value is -2.35. The van der Waals surface area contributed by atoms with E-state index in [1.54, 1.807) is 0 Å². The molecule has 2 heteroatoms. The Morgan fingerprint density at radius 2 is 1.52 bits per heavy atom. The monoisotopic (exact) mass is 359 g/mol. The van der Waals surface area contributed by atoms with Crippen LogP contribution in [0.25, 0.3) is 0 Å². The van der Waals surface area contributed by atoms with E-state index in [1.807, 2.05) is 36.4 Å². The van der Waals surface area contributed by atoms with E-state index in [2.05, 4.69) is 49.6 Å². The maximum atomic E-state index is 13.9. The van der Waals surface area contributed by atoms with E-state index in [9.17, 15) is 4.79 Å². The van der Waals surface area contributed by atoms with Crippen molar-refractivity contribution in [2.24, 2.45) is 16.7 Å². The third-order valence-electron chi connectivity index (χ3n) is 7.02. The number of benzene rings is 2. The van der Waals surface area contributed by atoms with Crippen LogP contribution < -0.4 is 0 Å². The molecule has 2 fully saturated rings. The highest BCUT2D eigenvalue weighted by molar-refractivity contribution is 5.87. The molecule has 0 aliphatic heterocycles. The molecule has 2 atom stereocenters. The molecule has 1 amide bonds. The van der Waals surface area contributed by atoms with Gasteiger partial charge in [-0.1, -0.05) is 86.7 Å². The predicted octanol–water partition coefficient (Wildman–Crippen LogP) is 5.60. The van der Waals surface area contributed by atoms with Crippen molar-refractivity contribution in [3.05, 3.63) is 83.9 Å². The van der Waals surface area contributed by atoms with Gasteiger partial charge in [-0.3, -0.25) is 4.79 Å². The molecule has 2 aromatic rings. The summed E-state index contributed by atoms with van der Waals surface area (Å²) in [6.07, 6.45) is 3.07. The summed E-state index contributed by atoms with van der Waals surface area (Å²) in [5.74, 6) is 0.859. The number of amides is 1. The lowest BCUT2D eigenvalue weighted by Gasteiger charge is -2.40. The van der Waals surface area contributed by atoms with Crippen LogP contribution in [-0.2, 0) is 17.9 Å². The van der Waals surface area contributed by atoms with E-state index in [4.69, 9.17) is 0 Å². The van der Waals surface area contributed by atoms with Gasteiger partial charge in [0.05, 0.1) is 5.41 Å². The van der Waals surface area contributed by atoms with Crippen molar-refractivity contribution in [3.8, 4) is 0 Å². The Morgan fingerprint density at radius 3 is 1.96 bits per heavy atom. The summed E-state index contributed by atoms with van der Waals surface area (Å²) >= 11 is 0. The van der Waals surface area contributed by atoms with E-state index in [0.29, 0.717) is 19.0 Å². The van der Waals surface area contributed by atoms with E-state index in [-0.39, 0.29) is 16.7 Å². The lowest BCUT2D eigenvalue weighted by molar-refractivity contribution is -0.141. The van der Waals surface area contributed by atoms with Crippen LogP contribution in [0.5, 0.6) is 0 Å². The fraction of sp³-hybridized carbons (Fsp3) is 0.400. The van der Waals surface area contributed by atoms with Crippen LogP contribution in [0.15, 0.2) is 72.8 Å². The van der Waals surface area contributed by atoms with Crippen molar-refractivity contribution >= 4 is 5.91 Å². The van der Waals surface area contributed by atoms with Crippen molar-refractivity contribution in [1.82, 2.24) is 4.90 Å². The molecule has 2 aromatic carbocycles. The number of carbonyl (C=O) groups excluding carboxylic acids is 1. The van der Waals surface area contributed by atoms with Crippen LogP contribution in [0.3, 0.4) is 0 Å². The average molecular weight is 360 g/mol. The van der Waals surface area contributed by atoms with Crippen LogP contribution in [-0.4, -0.2) is 10.8 Å². The predicted molar refractivity (Wildman–Crippen MR) is 110 cm³/mol. The summed E-state index contributed by atoms with van der Waals surface area (Å²) in [5.41, 5.74) is 3.21. The smallest absolute Gasteiger partial charge is 0.233 e. The lowest BCUT2D eigenvalue weighted by Crippen LogP contribution is -2.43. The molecule has 2 nitrogen and oxygen atoms in total. The first-order valence-corrected chi connectivity index (χ1v) is 10.0. The first kappa shape index (κ1) is 18.0. The molecule has 27 heavy (non-hydrogen) atoms. The molecule has 2 aliphatic carbocycles. The summed E-state index contributed by atoms with van der Waals surface area (Å²) < 4.78 is 0. The van der Waals surface area contributed by atoms with Crippen LogP contribution in [0.2, 0.25) is 0 Å². The van der Waals surface area contributed by atoms with Crippen molar-refractivity contribution in [3.63, 3.8) is 0 Å². The Balaban J connectivity index is 1.65. The third-order valence-corrected chi connectivity index (χ3v) is 7.02. The van der Waals surface area contributed by atoms with Crippen LogP contribution in [0.1, 0.15) is 44.2 Å². The Labute approximate surface area is 162 Å². The molecule has 140 valence electrons. The summed E-state index contributed by atoms with van der Waals surface area (Å²) in [6.45, 7) is 10.3. The molecule has 2 unspecified atom stereocenters. The van der Waals surface area contributed by atoms with Crippen LogP contribution >= 0.6 is 0 Å². The normalized spacial score (nSPS) is 25.6. The molecule has 0 spiro atoms. The molecule has 2 aliphatic rings. The number of nitrogens with zero attached hydrogens (tertiary/aromatic N) is 1. The molecular weight excluding hydrogens is 330 g/mol. The van der Waals surface area contributed by atoms with E-state index in [1.165, 1.54) is 11.1 Å². The van der Waals surface area contributed by atoms with Crippen LogP contribution in [0, 0.1) is 16.7 Å². The first-order valence-electron chi connectivity index (χ1n) is 10.0. The number of hydrogen-bond donors (Lipinski definition) is 0. The summed E-state index contributed by atoms with van der Waals surface area (Å²) in [4.78, 5) is 16.0. The van der Waals surface area contributed by atoms with Gasteiger partial charge in [0.2, 0.25) is 5.91 Å². The Bertz CT molecular complexity index is 798. The zero-order valence-electron chi connectivity index (χ0n) is 16.4. The van der Waals surface area contributed by atoms with Gasteiger partial charge in [-0.15, -0.1) is 0 Å². The van der Waals surface area contributed by atoms with Gasteiger partial charge >= 0.3 is 0 Å². The van der Waals surface area contributed by atoms with Gasteiger partial charge in [0, 0.05) is 13.1 Å². The molecule has 0 saturated heterocycles. The second-order valence-electron chi connectivity index (χ2n) is 8.85. The average Bonchev–Trinajstić information content (AvgIpc) is 3.21. The minimum Gasteiger partial charge on any atom is -0.333 e. The molecule has 0 heterocycles. The fourth-order valence-corrected chi connectivity index (χ4v) is 5.23. The van der Waals surface area contributed by atoms with E-state index < -0.39 is 0 Å². The summed E-state index contributed by atoms with van der Waals surface area (Å²) in [6, 6.07) is 20.6. The topological polar surface area (TPSA) is 20.3 Å². The fourth-order valence-electron chi connectivity index (χ4n) is 5.23. The Morgan fingerprint density at radius 1 is 1.00 bits per heavy atom. The van der Waals surface area contributed by atoms with Crippen molar-refractivity contribution in [2.45, 2.75) is 46.2 Å². The molecule has 0 N–H and O–H groups in total. The van der Waals surface area contributed by atoms with Crippen molar-refractivity contribution in [2.75, 3.05) is 0 Å². The molecular formula is C25H29NO. The largest absolute Gasteiger partial charge is 0.333 e. The number of carbonyl (C=O) groups is 1. The van der Waals surface area contributed by atoms with Gasteiger partial charge in [0.25, 0.3) is 0 Å². The maximum absolute atomic E-state index is 13.9. The van der Waals surface area contributed by atoms with Gasteiger partial charge < -0.3 is 4.90 Å². The van der Waals surface area contributed by atoms with Gasteiger partial charge in [0.15, 0.2) is 0 Å².